The van der Waals surface area contributed by atoms with Crippen LogP contribution in [0.1, 0.15) is 42.3 Å². The molecule has 9 nitrogen and oxygen atoms in total. The average Bonchev–Trinajstić information content (AvgIpc) is 3.33. The molecule has 0 radical (unpaired) electrons. The molecule has 0 saturated carbocycles. The second-order valence-electron chi connectivity index (χ2n) is 12.1. The topological polar surface area (TPSA) is 132 Å². The maximum atomic E-state index is 5.17. The predicted octanol–water partition coefficient (Wildman–Crippen LogP) is 10.3. The van der Waals surface area contributed by atoms with Gasteiger partial charge in [-0.1, -0.05) is 117 Å². The van der Waals surface area contributed by atoms with Crippen LogP contribution in [0.3, 0.4) is 0 Å². The van der Waals surface area contributed by atoms with E-state index in [1.165, 1.54) is 18.8 Å². The van der Waals surface area contributed by atoms with E-state index in [0.29, 0.717) is 5.84 Å². The fraction of sp³-hybridized carbons (Fsp3) is 0.143. The number of thiol groups is 1. The van der Waals surface area contributed by atoms with Crippen LogP contribution in [0, 0.1) is 6.92 Å². The molecule has 0 fully saturated rings. The number of hydrogen-bond donors (Lipinski definition) is 3. The minimum atomic E-state index is -0.253. The van der Waals surface area contributed by atoms with Gasteiger partial charge >= 0.3 is 0 Å². The van der Waals surface area contributed by atoms with Gasteiger partial charge in [0.05, 0.1) is 11.4 Å². The van der Waals surface area contributed by atoms with Gasteiger partial charge in [-0.15, -0.1) is 0 Å². The van der Waals surface area contributed by atoms with Crippen molar-refractivity contribution >= 4 is 24.3 Å². The molecular weight excluding hydrogens is 747 g/mol. The van der Waals surface area contributed by atoms with Gasteiger partial charge in [-0.2, -0.15) is 12.6 Å². The Hall–Kier alpha value is -6.75. The van der Waals surface area contributed by atoms with Gasteiger partial charge in [0.2, 0.25) is 0 Å². The smallest absolute Gasteiger partial charge is 0.159 e. The van der Waals surface area contributed by atoms with E-state index in [-0.39, 0.29) is 6.17 Å². The number of aryl methyl sites for hydroxylation is 1. The second kappa shape index (κ2) is 26.2. The van der Waals surface area contributed by atoms with E-state index >= 15 is 0 Å². The molecule has 0 spiro atoms. The van der Waals surface area contributed by atoms with Crippen LogP contribution in [0.15, 0.2) is 193 Å². The molecule has 7 aromatic rings. The van der Waals surface area contributed by atoms with E-state index in [1.807, 2.05) is 100 Å². The Morgan fingerprint density at radius 2 is 1.05 bits per heavy atom. The zero-order valence-electron chi connectivity index (χ0n) is 34.8. The molecular formula is C49H55N9S. The molecule has 10 heteroatoms. The lowest BCUT2D eigenvalue weighted by Crippen LogP contribution is -2.35. The van der Waals surface area contributed by atoms with Gasteiger partial charge < -0.3 is 16.4 Å². The number of benzene rings is 3. The van der Waals surface area contributed by atoms with Crippen LogP contribution in [0.4, 0.5) is 0 Å². The Kier molecular flexibility index (Phi) is 20.7. The Morgan fingerprint density at radius 3 is 1.47 bits per heavy atom. The van der Waals surface area contributed by atoms with E-state index in [4.69, 9.17) is 9.98 Å². The average molecular weight is 802 g/mol. The molecule has 0 bridgehead atoms. The zero-order valence-corrected chi connectivity index (χ0v) is 35.7. The summed E-state index contributed by atoms with van der Waals surface area (Å²) in [5.74, 6) is 1.54. The second-order valence-corrected chi connectivity index (χ2v) is 12.1. The molecule has 1 atom stereocenters. The highest BCUT2D eigenvalue weighted by Gasteiger charge is 2.27. The minimum Gasteiger partial charge on any atom is -0.405 e. The van der Waals surface area contributed by atoms with Crippen LogP contribution < -0.4 is 11.5 Å². The molecule has 302 valence electrons. The van der Waals surface area contributed by atoms with E-state index in [0.717, 1.165) is 56.2 Å². The summed E-state index contributed by atoms with van der Waals surface area (Å²) in [7, 11) is 3.55. The van der Waals surface area contributed by atoms with Gasteiger partial charge in [-0.3, -0.25) is 19.9 Å². The van der Waals surface area contributed by atoms with Crippen molar-refractivity contribution in [1.29, 1.82) is 0 Å². The summed E-state index contributed by atoms with van der Waals surface area (Å²) >= 11 is 3.53. The number of nitrogens with zero attached hydrogens (tertiary/aromatic N) is 7. The van der Waals surface area contributed by atoms with Crippen molar-refractivity contribution in [3.63, 3.8) is 0 Å². The molecule has 8 rings (SSSR count). The van der Waals surface area contributed by atoms with Crippen molar-refractivity contribution in [1.82, 2.24) is 24.8 Å². The molecule has 1 aliphatic rings. The van der Waals surface area contributed by atoms with Crippen molar-refractivity contribution in [2.45, 2.75) is 26.9 Å². The van der Waals surface area contributed by atoms with Gasteiger partial charge in [0.15, 0.2) is 5.84 Å². The van der Waals surface area contributed by atoms with Gasteiger partial charge in [-0.25, -0.2) is 9.98 Å². The summed E-state index contributed by atoms with van der Waals surface area (Å²) in [6.45, 7) is 9.16. The molecule has 1 unspecified atom stereocenters. The van der Waals surface area contributed by atoms with Gasteiger partial charge in [0.25, 0.3) is 0 Å². The molecule has 4 N–H and O–H groups in total. The number of amidine groups is 2. The van der Waals surface area contributed by atoms with Crippen LogP contribution in [0.2, 0.25) is 0 Å². The van der Waals surface area contributed by atoms with Crippen LogP contribution >= 0.6 is 12.6 Å². The monoisotopic (exact) mass is 801 g/mol. The van der Waals surface area contributed by atoms with Crippen LogP contribution in [-0.2, 0) is 0 Å². The summed E-state index contributed by atoms with van der Waals surface area (Å²) in [5.41, 5.74) is 19.5. The number of aliphatic imine (C=N–C) groups is 2. The molecule has 0 aliphatic carbocycles. The third kappa shape index (κ3) is 13.7. The normalized spacial score (nSPS) is 12.2. The number of hydrogen-bond acceptors (Lipinski definition) is 10. The standard InChI is InChI=1S/C37H28N6.C6H7N.C2H5N.C2H6.CH5N.CH4S/c1-43-36(30-18-10-26(11-19-30)32-7-6-22-38-25-32)41-35(29-16-12-27(13-17-29)33-8-2-4-23-39-33)42-37(43)31-20-14-28(15-21-31)34-9-3-5-24-40-34;1-6-3-2-4-7-5-6;1-2-3;3*1-2/h2-25,36H,1H3;2-5H,1H3;2H,1,3H2;1-2H3;2H2,1H3;2H,1H3. The molecule has 0 amide bonds. The van der Waals surface area contributed by atoms with Crippen LogP contribution in [0.25, 0.3) is 33.6 Å². The first-order chi connectivity index (χ1) is 29.0. The quantitative estimate of drug-likeness (QED) is 0.143. The summed E-state index contributed by atoms with van der Waals surface area (Å²) < 4.78 is 0. The van der Waals surface area contributed by atoms with Crippen molar-refractivity contribution in [3.8, 4) is 33.6 Å². The first kappa shape index (κ1) is 46.6. The first-order valence-electron chi connectivity index (χ1n) is 19.2. The number of nitrogens with two attached hydrogens (primary N) is 2. The maximum absolute atomic E-state index is 5.17. The highest BCUT2D eigenvalue weighted by molar-refractivity contribution is 7.79. The Bertz CT molecular complexity index is 2250. The summed E-state index contributed by atoms with van der Waals surface area (Å²) in [4.78, 5) is 29.6. The summed E-state index contributed by atoms with van der Waals surface area (Å²) in [6.07, 6.45) is 13.6. The molecule has 3 aromatic carbocycles. The Balaban J connectivity index is 0.000000501. The Labute approximate surface area is 355 Å². The van der Waals surface area contributed by atoms with E-state index < -0.39 is 0 Å². The molecule has 5 heterocycles. The van der Waals surface area contributed by atoms with Gasteiger partial charge in [0, 0.05) is 66.5 Å². The van der Waals surface area contributed by atoms with Crippen LogP contribution in [0.5, 0.6) is 0 Å². The van der Waals surface area contributed by atoms with Gasteiger partial charge in [0.1, 0.15) is 12.0 Å². The largest absolute Gasteiger partial charge is 0.405 e. The van der Waals surface area contributed by atoms with Crippen molar-refractivity contribution < 1.29 is 0 Å². The fourth-order valence-corrected chi connectivity index (χ4v) is 5.71. The van der Waals surface area contributed by atoms with Crippen molar-refractivity contribution in [2.75, 3.05) is 20.4 Å². The van der Waals surface area contributed by atoms with Crippen LogP contribution in [-0.4, -0.2) is 56.9 Å². The lowest BCUT2D eigenvalue weighted by Gasteiger charge is -2.32. The lowest BCUT2D eigenvalue weighted by atomic mass is 10.0. The number of rotatable bonds is 6. The summed E-state index contributed by atoms with van der Waals surface area (Å²) in [5, 5.41) is 0. The highest BCUT2D eigenvalue weighted by atomic mass is 32.1. The fourth-order valence-electron chi connectivity index (χ4n) is 5.71. The van der Waals surface area contributed by atoms with Crippen molar-refractivity contribution in [2.24, 2.45) is 21.5 Å². The predicted molar refractivity (Wildman–Crippen MR) is 252 cm³/mol. The Morgan fingerprint density at radius 1 is 0.576 bits per heavy atom. The van der Waals surface area contributed by atoms with E-state index in [9.17, 15) is 0 Å². The summed E-state index contributed by atoms with van der Waals surface area (Å²) in [6, 6.07) is 45.1. The molecule has 1 aliphatic heterocycles. The van der Waals surface area contributed by atoms with E-state index in [2.05, 4.69) is 141 Å². The maximum Gasteiger partial charge on any atom is 0.159 e. The molecule has 4 aromatic heterocycles. The third-order valence-electron chi connectivity index (χ3n) is 8.38. The van der Waals surface area contributed by atoms with Crippen molar-refractivity contribution in [3.05, 3.63) is 206 Å². The first-order valence-corrected chi connectivity index (χ1v) is 20.1. The molecule has 0 saturated heterocycles. The lowest BCUT2D eigenvalue weighted by molar-refractivity contribution is 0.383. The highest BCUT2D eigenvalue weighted by Crippen LogP contribution is 2.31. The van der Waals surface area contributed by atoms with Gasteiger partial charge in [-0.05, 0) is 85.1 Å². The third-order valence-corrected chi connectivity index (χ3v) is 8.38. The zero-order chi connectivity index (χ0) is 42.8. The van der Waals surface area contributed by atoms with E-state index in [1.54, 1.807) is 18.6 Å². The number of pyridine rings is 4. The SMILES string of the molecule is C=CN.CC.CN.CN1C(c2ccc(-c3ccccn3)cc2)=NC(c2ccc(-c3ccccn3)cc2)=NC1c1ccc(-c2cccnc2)cc1.CS.Cc1cccnc1. The minimum absolute atomic E-state index is 0.253. The molecule has 59 heavy (non-hydrogen) atoms. The number of aromatic nitrogens is 4.